The number of aliphatic hydroxyl groups excluding tert-OH is 1. The molecule has 0 atom stereocenters. The second kappa shape index (κ2) is 6.14. The Morgan fingerprint density at radius 2 is 2.43 bits per heavy atom. The molecule has 2 nitrogen and oxygen atoms in total. The van der Waals surface area contributed by atoms with Crippen molar-refractivity contribution >= 4 is 9.52 Å². The largest absolute Gasteiger partial charge is 0.394 e. The Morgan fingerprint density at radius 3 is 2.86 bits per heavy atom. The number of hydrogen-bond acceptors (Lipinski definition) is 2. The highest BCUT2D eigenvalue weighted by Gasteiger charge is 1.79. The fourth-order valence-electron chi connectivity index (χ4n) is 0.239. The molecule has 0 unspecified atom stereocenters. The summed E-state index contributed by atoms with van der Waals surface area (Å²) in [5.41, 5.74) is 0. The maximum absolute atomic E-state index is 8.17. The van der Waals surface area contributed by atoms with Gasteiger partial charge in [-0.1, -0.05) is 6.55 Å². The minimum absolute atomic E-state index is 0.143. The van der Waals surface area contributed by atoms with Crippen LogP contribution in [0.5, 0.6) is 0 Å². The maximum Gasteiger partial charge on any atom is 0.0699 e. The summed E-state index contributed by atoms with van der Waals surface area (Å²) < 4.78 is 4.89. The first kappa shape index (κ1) is 7.14. The Kier molecular flexibility index (Phi) is 6.26. The second-order valence-corrected chi connectivity index (χ2v) is 2.13. The van der Waals surface area contributed by atoms with Crippen molar-refractivity contribution in [1.82, 2.24) is 0 Å². The van der Waals surface area contributed by atoms with Crippen LogP contribution in [-0.2, 0) is 4.74 Å². The molecule has 42 valence electrons. The van der Waals surface area contributed by atoms with Gasteiger partial charge in [0.25, 0.3) is 0 Å². The molecule has 0 aromatic carbocycles. The molecule has 0 rings (SSSR count). The SMILES string of the molecule is C[Si]COCCO. The van der Waals surface area contributed by atoms with Gasteiger partial charge in [-0.2, -0.15) is 0 Å². The van der Waals surface area contributed by atoms with Crippen molar-refractivity contribution in [2.45, 2.75) is 6.55 Å². The van der Waals surface area contributed by atoms with E-state index >= 15 is 0 Å². The van der Waals surface area contributed by atoms with Crippen LogP contribution in [0.3, 0.4) is 0 Å². The molecule has 7 heavy (non-hydrogen) atoms. The van der Waals surface area contributed by atoms with Crippen LogP contribution < -0.4 is 0 Å². The minimum atomic E-state index is 0.143. The van der Waals surface area contributed by atoms with E-state index in [1.165, 1.54) is 0 Å². The van der Waals surface area contributed by atoms with Crippen LogP contribution in [0.15, 0.2) is 0 Å². The Morgan fingerprint density at radius 1 is 1.71 bits per heavy atom. The predicted molar refractivity (Wildman–Crippen MR) is 29.5 cm³/mol. The molecule has 0 fully saturated rings. The summed E-state index contributed by atoms with van der Waals surface area (Å²) in [6.07, 6.45) is 0.792. The van der Waals surface area contributed by atoms with Gasteiger partial charge in [0.15, 0.2) is 0 Å². The summed E-state index contributed by atoms with van der Waals surface area (Å²) in [5, 5.41) is 8.17. The number of hydrogen-bond donors (Lipinski definition) is 1. The minimum Gasteiger partial charge on any atom is -0.394 e. The van der Waals surface area contributed by atoms with E-state index < -0.39 is 0 Å². The van der Waals surface area contributed by atoms with Gasteiger partial charge in [-0.3, -0.25) is 0 Å². The molecule has 0 aliphatic heterocycles. The second-order valence-electron chi connectivity index (χ2n) is 1.13. The molecule has 0 heterocycles. The molecule has 0 aromatic heterocycles. The molecular weight excluding hydrogens is 108 g/mol. The van der Waals surface area contributed by atoms with Gasteiger partial charge in [0, 0.05) is 6.23 Å². The van der Waals surface area contributed by atoms with Crippen LogP contribution in [-0.4, -0.2) is 34.1 Å². The van der Waals surface area contributed by atoms with Crippen LogP contribution >= 0.6 is 0 Å². The third-order valence-corrected chi connectivity index (χ3v) is 0.975. The van der Waals surface area contributed by atoms with Gasteiger partial charge in [0.2, 0.25) is 0 Å². The molecule has 0 aliphatic rings. The maximum atomic E-state index is 8.17. The Labute approximate surface area is 46.3 Å². The molecule has 0 aliphatic carbocycles. The van der Waals surface area contributed by atoms with Crippen molar-refractivity contribution in [3.05, 3.63) is 0 Å². The topological polar surface area (TPSA) is 29.5 Å². The van der Waals surface area contributed by atoms with Crippen molar-refractivity contribution in [3.63, 3.8) is 0 Å². The fourth-order valence-corrected chi connectivity index (χ4v) is 0.587. The summed E-state index contributed by atoms with van der Waals surface area (Å²) in [6.45, 7) is 2.70. The van der Waals surface area contributed by atoms with Crippen molar-refractivity contribution in [1.29, 1.82) is 0 Å². The first-order chi connectivity index (χ1) is 3.41. The molecule has 0 saturated heterocycles. The number of rotatable bonds is 4. The fraction of sp³-hybridized carbons (Fsp3) is 1.00. The summed E-state index contributed by atoms with van der Waals surface area (Å²) in [6, 6.07) is 0. The Balaban J connectivity index is 2.45. The lowest BCUT2D eigenvalue weighted by Gasteiger charge is -1.94. The molecule has 0 saturated carbocycles. The molecule has 2 radical (unpaired) electrons. The molecule has 0 amide bonds. The monoisotopic (exact) mass is 118 g/mol. The van der Waals surface area contributed by atoms with Gasteiger partial charge in [-0.25, -0.2) is 0 Å². The van der Waals surface area contributed by atoms with E-state index in [-0.39, 0.29) is 6.61 Å². The van der Waals surface area contributed by atoms with Crippen LogP contribution in [0, 0.1) is 0 Å². The van der Waals surface area contributed by atoms with Gasteiger partial charge >= 0.3 is 0 Å². The average Bonchev–Trinajstić information content (AvgIpc) is 1.69. The van der Waals surface area contributed by atoms with Crippen LogP contribution in [0.2, 0.25) is 6.55 Å². The lowest BCUT2D eigenvalue weighted by molar-refractivity contribution is 0.122. The van der Waals surface area contributed by atoms with Gasteiger partial charge in [0.1, 0.15) is 0 Å². The zero-order valence-electron chi connectivity index (χ0n) is 4.48. The van der Waals surface area contributed by atoms with Gasteiger partial charge in [-0.15, -0.1) is 0 Å². The van der Waals surface area contributed by atoms with E-state index in [1.807, 2.05) is 0 Å². The van der Waals surface area contributed by atoms with Crippen molar-refractivity contribution in [3.8, 4) is 0 Å². The Bertz CT molecular complexity index is 28.9. The summed E-state index contributed by atoms with van der Waals surface area (Å²) in [4.78, 5) is 0. The van der Waals surface area contributed by atoms with E-state index in [1.54, 1.807) is 0 Å². The van der Waals surface area contributed by atoms with Crippen LogP contribution in [0.4, 0.5) is 0 Å². The first-order valence-electron chi connectivity index (χ1n) is 2.25. The van der Waals surface area contributed by atoms with Crippen molar-refractivity contribution < 1.29 is 9.84 Å². The lowest BCUT2D eigenvalue weighted by atomic mass is 10.8. The van der Waals surface area contributed by atoms with E-state index in [9.17, 15) is 0 Å². The summed E-state index contributed by atoms with van der Waals surface area (Å²) in [5.74, 6) is 0. The van der Waals surface area contributed by atoms with Gasteiger partial charge in [0.05, 0.1) is 22.7 Å². The molecule has 0 aromatic rings. The zero-order chi connectivity index (χ0) is 5.54. The van der Waals surface area contributed by atoms with Gasteiger partial charge in [-0.05, 0) is 0 Å². The molecule has 0 bridgehead atoms. The highest BCUT2D eigenvalue weighted by Crippen LogP contribution is 1.68. The summed E-state index contributed by atoms with van der Waals surface area (Å²) >= 11 is 0. The smallest absolute Gasteiger partial charge is 0.0699 e. The van der Waals surface area contributed by atoms with Crippen LogP contribution in [0.25, 0.3) is 0 Å². The predicted octanol–water partition coefficient (Wildman–Crippen LogP) is -0.295. The highest BCUT2D eigenvalue weighted by atomic mass is 28.2. The molecule has 0 spiro atoms. The number of ether oxygens (including phenoxy) is 1. The Hall–Kier alpha value is 0.137. The van der Waals surface area contributed by atoms with E-state index in [4.69, 9.17) is 9.84 Å². The zero-order valence-corrected chi connectivity index (χ0v) is 5.48. The summed E-state index contributed by atoms with van der Waals surface area (Å²) in [7, 11) is 0.834. The quantitative estimate of drug-likeness (QED) is 0.406. The molecule has 3 heteroatoms. The molecule has 1 N–H and O–H groups in total. The standard InChI is InChI=1S/C4H10O2Si/c1-7-4-6-3-2-5/h5H,2-4H2,1H3. The van der Waals surface area contributed by atoms with Crippen molar-refractivity contribution in [2.24, 2.45) is 0 Å². The van der Waals surface area contributed by atoms with Gasteiger partial charge < -0.3 is 9.84 Å². The van der Waals surface area contributed by atoms with Crippen molar-refractivity contribution in [2.75, 3.05) is 19.4 Å². The normalized spacial score (nSPS) is 9.43. The van der Waals surface area contributed by atoms with Crippen LogP contribution in [0.1, 0.15) is 0 Å². The highest BCUT2D eigenvalue weighted by molar-refractivity contribution is 6.33. The third-order valence-electron chi connectivity index (χ3n) is 0.482. The lowest BCUT2D eigenvalue weighted by Crippen LogP contribution is -2.03. The average molecular weight is 118 g/mol. The van der Waals surface area contributed by atoms with E-state index in [2.05, 4.69) is 6.55 Å². The number of aliphatic hydroxyl groups is 1. The van der Waals surface area contributed by atoms with E-state index in [0.717, 1.165) is 15.7 Å². The molecular formula is C4H10O2Si. The first-order valence-corrected chi connectivity index (χ1v) is 3.95. The van der Waals surface area contributed by atoms with E-state index in [0.29, 0.717) is 6.61 Å². The third kappa shape index (κ3) is 6.14.